The number of para-hydroxylation sites is 2. The van der Waals surface area contributed by atoms with Crippen LogP contribution in [-0.2, 0) is 0 Å². The Morgan fingerprint density at radius 1 is 1.03 bits per heavy atom. The lowest BCUT2D eigenvalue weighted by Crippen LogP contribution is -2.25. The van der Waals surface area contributed by atoms with Crippen molar-refractivity contribution >= 4 is 28.9 Å². The summed E-state index contributed by atoms with van der Waals surface area (Å²) in [6.45, 7) is 0. The molecule has 0 fully saturated rings. The first-order valence-electron chi connectivity index (χ1n) is 9.74. The normalized spacial score (nSPS) is 12.1. The smallest absolute Gasteiger partial charge is 0.286 e. The summed E-state index contributed by atoms with van der Waals surface area (Å²) in [6.07, 6.45) is 0. The molecule has 0 unspecified atom stereocenters. The summed E-state index contributed by atoms with van der Waals surface area (Å²) in [6, 6.07) is 14.0. The molecule has 2 amide bonds. The van der Waals surface area contributed by atoms with Crippen molar-refractivity contribution in [1.82, 2.24) is 0 Å². The fraction of sp³-hybridized carbons (Fsp3) is 0.130. The Kier molecular flexibility index (Phi) is 5.57. The molecule has 3 aromatic carbocycles. The molecule has 33 heavy (non-hydrogen) atoms. The molecule has 0 bridgehead atoms. The van der Waals surface area contributed by atoms with Crippen molar-refractivity contribution in [3.8, 4) is 23.0 Å². The maximum absolute atomic E-state index is 13.0. The van der Waals surface area contributed by atoms with Gasteiger partial charge >= 0.3 is 0 Å². The van der Waals surface area contributed by atoms with Crippen LogP contribution >= 0.6 is 0 Å². The average molecular weight is 449 g/mol. The van der Waals surface area contributed by atoms with Gasteiger partial charge in [-0.25, -0.2) is 0 Å². The van der Waals surface area contributed by atoms with E-state index in [1.54, 1.807) is 43.4 Å². The number of nitro benzene ring substituents is 1. The Bertz CT molecular complexity index is 1290. The quantitative estimate of drug-likeness (QED) is 0.457. The molecule has 0 aliphatic carbocycles. The van der Waals surface area contributed by atoms with E-state index in [1.165, 1.54) is 31.3 Å². The highest BCUT2D eigenvalue weighted by molar-refractivity contribution is 6.11. The predicted molar refractivity (Wildman–Crippen MR) is 120 cm³/mol. The SMILES string of the molecule is COc1cc(C(=O)Nc2ccc3c(c2)C(=O)N(C)c2ccccc2O3)c([N+](=O)[O-])cc1OC. The second-order valence-electron chi connectivity index (χ2n) is 7.08. The Hall–Kier alpha value is -4.60. The minimum absolute atomic E-state index is 0.121. The molecular weight excluding hydrogens is 430 g/mol. The van der Waals surface area contributed by atoms with Crippen LogP contribution < -0.4 is 24.4 Å². The number of methoxy groups -OCH3 is 2. The number of fused-ring (bicyclic) bond motifs is 2. The van der Waals surface area contributed by atoms with E-state index in [4.69, 9.17) is 14.2 Å². The monoisotopic (exact) mass is 449 g/mol. The zero-order valence-electron chi connectivity index (χ0n) is 17.9. The number of nitrogens with one attached hydrogen (secondary N) is 1. The van der Waals surface area contributed by atoms with Gasteiger partial charge in [-0.3, -0.25) is 19.7 Å². The average Bonchev–Trinajstić information content (AvgIpc) is 2.92. The van der Waals surface area contributed by atoms with E-state index in [0.29, 0.717) is 17.2 Å². The first-order chi connectivity index (χ1) is 15.8. The van der Waals surface area contributed by atoms with Crippen molar-refractivity contribution < 1.29 is 28.7 Å². The zero-order chi connectivity index (χ0) is 23.7. The standard InChI is InChI=1S/C23H19N3O7/c1-25-16-6-4-5-7-19(16)33-18-9-8-13(10-15(18)23(25)28)24-22(27)14-11-20(31-2)21(32-3)12-17(14)26(29)30/h4-12H,1-3H3,(H,24,27). The summed E-state index contributed by atoms with van der Waals surface area (Å²) in [4.78, 5) is 38.2. The Morgan fingerprint density at radius 3 is 2.42 bits per heavy atom. The van der Waals surface area contributed by atoms with Gasteiger partial charge in [-0.1, -0.05) is 12.1 Å². The van der Waals surface area contributed by atoms with Crippen molar-refractivity contribution in [3.63, 3.8) is 0 Å². The molecule has 1 heterocycles. The van der Waals surface area contributed by atoms with Crippen molar-refractivity contribution in [2.75, 3.05) is 31.5 Å². The van der Waals surface area contributed by atoms with E-state index in [2.05, 4.69) is 5.32 Å². The minimum atomic E-state index is -0.749. The number of amides is 2. The summed E-state index contributed by atoms with van der Waals surface area (Å²) >= 11 is 0. The van der Waals surface area contributed by atoms with Crippen LogP contribution in [0.4, 0.5) is 17.1 Å². The van der Waals surface area contributed by atoms with Crippen molar-refractivity contribution in [2.24, 2.45) is 0 Å². The molecular formula is C23H19N3O7. The first kappa shape index (κ1) is 21.6. The molecule has 1 aliphatic heterocycles. The lowest BCUT2D eigenvalue weighted by molar-refractivity contribution is -0.385. The molecule has 10 heteroatoms. The third-order valence-electron chi connectivity index (χ3n) is 5.16. The summed E-state index contributed by atoms with van der Waals surface area (Å²) < 4.78 is 16.1. The highest BCUT2D eigenvalue weighted by atomic mass is 16.6. The van der Waals surface area contributed by atoms with E-state index in [9.17, 15) is 19.7 Å². The number of benzene rings is 3. The number of carbonyl (C=O) groups is 2. The van der Waals surface area contributed by atoms with Gasteiger partial charge in [0.2, 0.25) is 0 Å². The Balaban J connectivity index is 1.69. The lowest BCUT2D eigenvalue weighted by Gasteiger charge is -2.16. The Morgan fingerprint density at radius 2 is 1.73 bits per heavy atom. The molecule has 0 saturated heterocycles. The lowest BCUT2D eigenvalue weighted by atomic mass is 10.1. The van der Waals surface area contributed by atoms with Gasteiger partial charge in [-0.05, 0) is 30.3 Å². The van der Waals surface area contributed by atoms with E-state index < -0.39 is 16.5 Å². The summed E-state index contributed by atoms with van der Waals surface area (Å²) in [7, 11) is 4.32. The van der Waals surface area contributed by atoms with Crippen LogP contribution in [0.1, 0.15) is 20.7 Å². The van der Waals surface area contributed by atoms with Crippen LogP contribution in [-0.4, -0.2) is 38.0 Å². The van der Waals surface area contributed by atoms with Gasteiger partial charge in [-0.15, -0.1) is 0 Å². The molecule has 0 aromatic heterocycles. The molecule has 4 rings (SSSR count). The molecule has 0 atom stereocenters. The molecule has 0 saturated carbocycles. The molecule has 10 nitrogen and oxygen atoms in total. The van der Waals surface area contributed by atoms with Gasteiger partial charge < -0.3 is 24.4 Å². The summed E-state index contributed by atoms with van der Waals surface area (Å²) in [5.41, 5.74) is 0.423. The van der Waals surface area contributed by atoms with Gasteiger partial charge in [0.1, 0.15) is 11.3 Å². The van der Waals surface area contributed by atoms with Crippen LogP contribution in [0.2, 0.25) is 0 Å². The number of anilines is 2. The van der Waals surface area contributed by atoms with Crippen molar-refractivity contribution in [3.05, 3.63) is 75.8 Å². The van der Waals surface area contributed by atoms with Gasteiger partial charge in [0.05, 0.1) is 36.5 Å². The number of nitrogens with zero attached hydrogens (tertiary/aromatic N) is 2. The highest BCUT2D eigenvalue weighted by Crippen LogP contribution is 2.39. The number of ether oxygens (including phenoxy) is 3. The van der Waals surface area contributed by atoms with Gasteiger partial charge in [0.25, 0.3) is 17.5 Å². The van der Waals surface area contributed by atoms with E-state index in [0.717, 1.165) is 6.07 Å². The molecule has 0 radical (unpaired) electrons. The zero-order valence-corrected chi connectivity index (χ0v) is 17.9. The van der Waals surface area contributed by atoms with Crippen LogP contribution in [0.3, 0.4) is 0 Å². The highest BCUT2D eigenvalue weighted by Gasteiger charge is 2.28. The van der Waals surface area contributed by atoms with Crippen molar-refractivity contribution in [1.29, 1.82) is 0 Å². The first-order valence-corrected chi connectivity index (χ1v) is 9.74. The van der Waals surface area contributed by atoms with E-state index in [-0.39, 0.29) is 34.2 Å². The largest absolute Gasteiger partial charge is 0.493 e. The molecule has 3 aromatic rings. The topological polar surface area (TPSA) is 120 Å². The minimum Gasteiger partial charge on any atom is -0.493 e. The van der Waals surface area contributed by atoms with Crippen LogP contribution in [0, 0.1) is 10.1 Å². The fourth-order valence-corrected chi connectivity index (χ4v) is 3.49. The number of rotatable bonds is 5. The number of hydrogen-bond donors (Lipinski definition) is 1. The van der Waals surface area contributed by atoms with Crippen LogP contribution in [0.25, 0.3) is 0 Å². The molecule has 1 aliphatic rings. The molecule has 168 valence electrons. The number of carbonyl (C=O) groups excluding carboxylic acids is 2. The maximum Gasteiger partial charge on any atom is 0.286 e. The predicted octanol–water partition coefficient (Wildman–Crippen LogP) is 4.25. The number of hydrogen-bond acceptors (Lipinski definition) is 7. The van der Waals surface area contributed by atoms with Gasteiger partial charge in [0, 0.05) is 18.8 Å². The van der Waals surface area contributed by atoms with Gasteiger partial charge in [0.15, 0.2) is 17.2 Å². The van der Waals surface area contributed by atoms with Crippen LogP contribution in [0.5, 0.6) is 23.0 Å². The Labute approximate surface area is 188 Å². The van der Waals surface area contributed by atoms with E-state index in [1.807, 2.05) is 0 Å². The summed E-state index contributed by atoms with van der Waals surface area (Å²) in [5, 5.41) is 14.1. The molecule has 0 spiro atoms. The van der Waals surface area contributed by atoms with Crippen molar-refractivity contribution in [2.45, 2.75) is 0 Å². The second-order valence-corrected chi connectivity index (χ2v) is 7.08. The van der Waals surface area contributed by atoms with E-state index >= 15 is 0 Å². The number of nitro groups is 1. The van der Waals surface area contributed by atoms with Crippen LogP contribution in [0.15, 0.2) is 54.6 Å². The third-order valence-corrected chi connectivity index (χ3v) is 5.16. The maximum atomic E-state index is 13.0. The van der Waals surface area contributed by atoms with Gasteiger partial charge in [-0.2, -0.15) is 0 Å². The second kappa shape index (κ2) is 8.50. The molecule has 1 N–H and O–H groups in total. The fourth-order valence-electron chi connectivity index (χ4n) is 3.49. The third kappa shape index (κ3) is 3.89. The summed E-state index contributed by atoms with van der Waals surface area (Å²) in [5.74, 6) is 0.0513.